The highest BCUT2D eigenvalue weighted by Crippen LogP contribution is 2.43. The molecule has 3 saturated carbocycles. The van der Waals surface area contributed by atoms with Gasteiger partial charge in [0.05, 0.1) is 22.7 Å². The van der Waals surface area contributed by atoms with Crippen molar-refractivity contribution in [2.45, 2.75) is 38.1 Å². The van der Waals surface area contributed by atoms with Crippen LogP contribution in [0.2, 0.25) is 0 Å². The molecule has 3 aliphatic carbocycles. The molecular formula is C25H21F2N5. The molecule has 7 heteroatoms. The third kappa shape index (κ3) is 3.10. The highest BCUT2D eigenvalue weighted by molar-refractivity contribution is 5.97. The monoisotopic (exact) mass is 429 g/mol. The Morgan fingerprint density at radius 3 is 2.62 bits per heavy atom. The molecule has 0 spiro atoms. The maximum Gasteiger partial charge on any atom is 0.164 e. The first-order chi connectivity index (χ1) is 15.6. The molecule has 3 fully saturated rings. The maximum absolute atomic E-state index is 14.2. The molecule has 2 N–H and O–H groups in total. The second-order valence-electron chi connectivity index (χ2n) is 9.02. The maximum atomic E-state index is 14.2. The van der Waals surface area contributed by atoms with Crippen LogP contribution in [0.25, 0.3) is 33.2 Å². The van der Waals surface area contributed by atoms with Gasteiger partial charge in [0.1, 0.15) is 17.5 Å². The zero-order valence-electron chi connectivity index (χ0n) is 17.3. The number of benzene rings is 2. The van der Waals surface area contributed by atoms with E-state index in [9.17, 15) is 14.0 Å². The minimum atomic E-state index is -0.651. The van der Waals surface area contributed by atoms with Gasteiger partial charge in [-0.2, -0.15) is 5.26 Å². The number of hydrogen-bond acceptors (Lipinski definition) is 4. The summed E-state index contributed by atoms with van der Waals surface area (Å²) in [6, 6.07) is 9.99. The molecule has 0 saturated heterocycles. The SMILES string of the molecule is N#Cc1ccc2nc(-c3c[nH]c4c(F)cc(F)cc34)nc(NC3CC4CCC3CC4)c2c1. The third-order valence-electron chi connectivity index (χ3n) is 7.14. The molecule has 160 valence electrons. The minimum absolute atomic E-state index is 0.226. The van der Waals surface area contributed by atoms with Gasteiger partial charge in [-0.15, -0.1) is 0 Å². The second kappa shape index (κ2) is 7.27. The van der Waals surface area contributed by atoms with Crippen molar-refractivity contribution in [1.82, 2.24) is 15.0 Å². The van der Waals surface area contributed by atoms with Crippen molar-refractivity contribution in [1.29, 1.82) is 5.26 Å². The van der Waals surface area contributed by atoms with Crippen LogP contribution in [0, 0.1) is 34.8 Å². The second-order valence-corrected chi connectivity index (χ2v) is 9.02. The summed E-state index contributed by atoms with van der Waals surface area (Å²) in [7, 11) is 0. The van der Waals surface area contributed by atoms with Crippen LogP contribution in [0.5, 0.6) is 0 Å². The summed E-state index contributed by atoms with van der Waals surface area (Å²) in [4.78, 5) is 12.4. The summed E-state index contributed by atoms with van der Waals surface area (Å²) in [5.41, 5.74) is 1.99. The lowest BCUT2D eigenvalue weighted by Gasteiger charge is -2.43. The van der Waals surface area contributed by atoms with Crippen LogP contribution in [0.4, 0.5) is 14.6 Å². The quantitative estimate of drug-likeness (QED) is 0.424. The fourth-order valence-corrected chi connectivity index (χ4v) is 5.50. The largest absolute Gasteiger partial charge is 0.366 e. The third-order valence-corrected chi connectivity index (χ3v) is 7.14. The van der Waals surface area contributed by atoms with E-state index >= 15 is 0 Å². The highest BCUT2D eigenvalue weighted by atomic mass is 19.1. The first kappa shape index (κ1) is 19.2. The Hall–Kier alpha value is -3.53. The lowest BCUT2D eigenvalue weighted by molar-refractivity contribution is 0.157. The Balaban J connectivity index is 1.51. The predicted octanol–water partition coefficient (Wildman–Crippen LogP) is 5.92. The number of nitrogens with zero attached hydrogens (tertiary/aromatic N) is 3. The molecule has 5 nitrogen and oxygen atoms in total. The Morgan fingerprint density at radius 2 is 1.88 bits per heavy atom. The summed E-state index contributed by atoms with van der Waals surface area (Å²) in [5.74, 6) is 1.13. The van der Waals surface area contributed by atoms with E-state index < -0.39 is 11.6 Å². The van der Waals surface area contributed by atoms with E-state index in [4.69, 9.17) is 4.98 Å². The summed E-state index contributed by atoms with van der Waals surface area (Å²) in [6.07, 6.45) is 7.77. The average molecular weight is 429 g/mol. The molecular weight excluding hydrogens is 408 g/mol. The normalized spacial score (nSPS) is 22.3. The zero-order valence-corrected chi connectivity index (χ0v) is 17.3. The first-order valence-electron chi connectivity index (χ1n) is 11.0. The van der Waals surface area contributed by atoms with Crippen LogP contribution in [0.15, 0.2) is 36.5 Å². The minimum Gasteiger partial charge on any atom is -0.366 e. The number of aromatic nitrogens is 3. The molecule has 0 radical (unpaired) electrons. The van der Waals surface area contributed by atoms with Crippen molar-refractivity contribution >= 4 is 27.6 Å². The number of halogens is 2. The van der Waals surface area contributed by atoms with Gasteiger partial charge in [-0.3, -0.25) is 0 Å². The van der Waals surface area contributed by atoms with Gasteiger partial charge < -0.3 is 10.3 Å². The van der Waals surface area contributed by atoms with Crippen LogP contribution < -0.4 is 5.32 Å². The zero-order chi connectivity index (χ0) is 21.8. The fourth-order valence-electron chi connectivity index (χ4n) is 5.50. The van der Waals surface area contributed by atoms with E-state index in [2.05, 4.69) is 21.4 Å². The molecule has 0 amide bonds. The highest BCUT2D eigenvalue weighted by Gasteiger charge is 2.36. The molecule has 2 aromatic heterocycles. The van der Waals surface area contributed by atoms with Crippen molar-refractivity contribution in [2.24, 2.45) is 11.8 Å². The van der Waals surface area contributed by atoms with Crippen molar-refractivity contribution in [3.05, 3.63) is 53.7 Å². The van der Waals surface area contributed by atoms with Crippen LogP contribution in [-0.2, 0) is 0 Å². The summed E-state index contributed by atoms with van der Waals surface area (Å²) in [6.45, 7) is 0. The molecule has 0 aliphatic heterocycles. The summed E-state index contributed by atoms with van der Waals surface area (Å²) >= 11 is 0. The first-order valence-corrected chi connectivity index (χ1v) is 11.0. The number of nitrogens with one attached hydrogen (secondary N) is 2. The van der Waals surface area contributed by atoms with E-state index in [0.717, 1.165) is 23.8 Å². The van der Waals surface area contributed by atoms with Crippen LogP contribution in [-0.4, -0.2) is 21.0 Å². The Morgan fingerprint density at radius 1 is 1.03 bits per heavy atom. The molecule has 32 heavy (non-hydrogen) atoms. The molecule has 7 rings (SSSR count). The number of anilines is 1. The van der Waals surface area contributed by atoms with Crippen LogP contribution in [0.3, 0.4) is 0 Å². The topological polar surface area (TPSA) is 77.4 Å². The molecule has 2 heterocycles. The van der Waals surface area contributed by atoms with Gasteiger partial charge in [0.15, 0.2) is 5.82 Å². The smallest absolute Gasteiger partial charge is 0.164 e. The number of hydrogen-bond donors (Lipinski definition) is 2. The molecule has 2 aromatic carbocycles. The summed E-state index contributed by atoms with van der Waals surface area (Å²) in [5, 5.41) is 14.2. The number of nitriles is 1. The summed E-state index contributed by atoms with van der Waals surface area (Å²) < 4.78 is 28.2. The number of H-pyrrole nitrogens is 1. The van der Waals surface area contributed by atoms with Crippen LogP contribution in [0.1, 0.15) is 37.7 Å². The van der Waals surface area contributed by atoms with Gasteiger partial charge in [-0.05, 0) is 55.4 Å². The van der Waals surface area contributed by atoms with Crippen molar-refractivity contribution in [3.8, 4) is 17.5 Å². The van der Waals surface area contributed by atoms with Gasteiger partial charge in [0.25, 0.3) is 0 Å². The van der Waals surface area contributed by atoms with E-state index in [0.29, 0.717) is 45.6 Å². The number of aromatic amines is 1. The average Bonchev–Trinajstić information content (AvgIpc) is 3.24. The molecule has 4 aromatic rings. The van der Waals surface area contributed by atoms with E-state index in [1.165, 1.54) is 31.7 Å². The van der Waals surface area contributed by atoms with Crippen molar-refractivity contribution in [2.75, 3.05) is 5.32 Å². The van der Waals surface area contributed by atoms with Crippen molar-refractivity contribution in [3.63, 3.8) is 0 Å². The van der Waals surface area contributed by atoms with E-state index in [1.54, 1.807) is 24.4 Å². The van der Waals surface area contributed by atoms with Gasteiger partial charge in [0.2, 0.25) is 0 Å². The van der Waals surface area contributed by atoms with Gasteiger partial charge in [0, 0.05) is 34.6 Å². The molecule has 3 aliphatic rings. The standard InChI is InChI=1S/C25H21F2N5/c26-16-9-17-19(12-29-23(17)20(27)10-16)25-30-21-6-3-14(11-28)7-18(21)24(32-25)31-22-8-13-1-4-15(22)5-2-13/h3,6-7,9-10,12-13,15,22,29H,1-2,4-5,8H2,(H,30,31,32). The predicted molar refractivity (Wildman–Crippen MR) is 119 cm³/mol. The Kier molecular flexibility index (Phi) is 4.35. The van der Waals surface area contributed by atoms with Crippen LogP contribution >= 0.6 is 0 Å². The molecule has 1 atom stereocenters. The van der Waals surface area contributed by atoms with E-state index in [1.807, 2.05) is 0 Å². The lowest BCUT2D eigenvalue weighted by atomic mass is 9.68. The van der Waals surface area contributed by atoms with Crippen molar-refractivity contribution < 1.29 is 8.78 Å². The van der Waals surface area contributed by atoms with Gasteiger partial charge in [-0.1, -0.05) is 12.8 Å². The molecule has 2 bridgehead atoms. The fraction of sp³-hybridized carbons (Fsp3) is 0.320. The van der Waals surface area contributed by atoms with E-state index in [-0.39, 0.29) is 5.52 Å². The number of fused-ring (bicyclic) bond motifs is 5. The lowest BCUT2D eigenvalue weighted by Crippen LogP contribution is -2.40. The Bertz CT molecular complexity index is 1400. The number of rotatable bonds is 3. The van der Waals surface area contributed by atoms with Gasteiger partial charge >= 0.3 is 0 Å². The Labute approximate surface area is 183 Å². The van der Waals surface area contributed by atoms with Gasteiger partial charge in [-0.25, -0.2) is 18.7 Å². The molecule has 1 unspecified atom stereocenters.